The van der Waals surface area contributed by atoms with Gasteiger partial charge in [0.15, 0.2) is 5.58 Å². The van der Waals surface area contributed by atoms with E-state index in [1.54, 1.807) is 12.1 Å². The lowest BCUT2D eigenvalue weighted by atomic mass is 10.0. The maximum absolute atomic E-state index is 12.0. The highest BCUT2D eigenvalue weighted by atomic mass is 16.4. The van der Waals surface area contributed by atoms with E-state index in [9.17, 15) is 9.59 Å². The number of hydrogen-bond acceptors (Lipinski definition) is 3. The predicted octanol–water partition coefficient (Wildman–Crippen LogP) is 2.87. The third kappa shape index (κ3) is 3.28. The molecule has 1 N–H and O–H groups in total. The van der Waals surface area contributed by atoms with Crippen LogP contribution in [0, 0.1) is 0 Å². The van der Waals surface area contributed by atoms with E-state index < -0.39 is 5.76 Å². The number of fused-ring (bicyclic) bond motifs is 1. The molecule has 0 radical (unpaired) electrons. The summed E-state index contributed by atoms with van der Waals surface area (Å²) in [5, 5.41) is 0. The predicted molar refractivity (Wildman–Crippen MR) is 80.3 cm³/mol. The number of aryl methyl sites for hydroxylation is 1. The van der Waals surface area contributed by atoms with Crippen molar-refractivity contribution in [3.8, 4) is 0 Å². The van der Waals surface area contributed by atoms with Crippen molar-refractivity contribution in [3.05, 3.63) is 70.2 Å². The molecule has 0 bridgehead atoms. The molecule has 0 saturated heterocycles. The minimum absolute atomic E-state index is 0.177. The second kappa shape index (κ2) is 5.79. The van der Waals surface area contributed by atoms with Crippen LogP contribution < -0.4 is 5.76 Å². The van der Waals surface area contributed by atoms with Crippen LogP contribution in [0.3, 0.4) is 0 Å². The fourth-order valence-electron chi connectivity index (χ4n) is 2.34. The average molecular weight is 281 g/mol. The molecular formula is C17H15NO3. The van der Waals surface area contributed by atoms with Crippen LogP contribution in [0.2, 0.25) is 0 Å². The van der Waals surface area contributed by atoms with Gasteiger partial charge in [0, 0.05) is 12.8 Å². The maximum atomic E-state index is 12.0. The highest BCUT2D eigenvalue weighted by Crippen LogP contribution is 2.14. The molecule has 0 aliphatic heterocycles. The van der Waals surface area contributed by atoms with Gasteiger partial charge < -0.3 is 4.42 Å². The van der Waals surface area contributed by atoms with Gasteiger partial charge in [-0.25, -0.2) is 4.79 Å². The number of aromatic nitrogens is 1. The summed E-state index contributed by atoms with van der Waals surface area (Å²) < 4.78 is 5.00. The molecule has 0 saturated carbocycles. The van der Waals surface area contributed by atoms with Gasteiger partial charge in [-0.1, -0.05) is 36.4 Å². The van der Waals surface area contributed by atoms with Crippen LogP contribution in [0.5, 0.6) is 0 Å². The Morgan fingerprint density at radius 1 is 1.05 bits per heavy atom. The molecule has 1 aromatic heterocycles. The first-order chi connectivity index (χ1) is 10.2. The van der Waals surface area contributed by atoms with Crippen molar-refractivity contribution in [1.82, 2.24) is 4.98 Å². The van der Waals surface area contributed by atoms with Crippen LogP contribution in [0.4, 0.5) is 0 Å². The number of carbonyl (C=O) groups is 1. The van der Waals surface area contributed by atoms with Crippen LogP contribution in [-0.2, 0) is 17.6 Å². The van der Waals surface area contributed by atoms with Crippen molar-refractivity contribution >= 4 is 16.9 Å². The molecule has 0 atom stereocenters. The van der Waals surface area contributed by atoms with Crippen LogP contribution in [0.1, 0.15) is 17.5 Å². The average Bonchev–Trinajstić information content (AvgIpc) is 2.85. The van der Waals surface area contributed by atoms with Crippen LogP contribution in [-0.4, -0.2) is 10.8 Å². The van der Waals surface area contributed by atoms with Crippen LogP contribution >= 0.6 is 0 Å². The Bertz CT molecular complexity index is 815. The molecule has 3 aromatic rings. The third-order valence-corrected chi connectivity index (χ3v) is 3.42. The zero-order valence-electron chi connectivity index (χ0n) is 11.5. The van der Waals surface area contributed by atoms with Gasteiger partial charge in [0.05, 0.1) is 5.52 Å². The minimum Gasteiger partial charge on any atom is -0.408 e. The van der Waals surface area contributed by atoms with E-state index >= 15 is 0 Å². The van der Waals surface area contributed by atoms with Crippen LogP contribution in [0.15, 0.2) is 57.7 Å². The molecule has 0 aliphatic rings. The maximum Gasteiger partial charge on any atom is 0.417 e. The summed E-state index contributed by atoms with van der Waals surface area (Å²) in [4.78, 5) is 25.7. The molecule has 21 heavy (non-hydrogen) atoms. The zero-order valence-corrected chi connectivity index (χ0v) is 11.5. The number of H-pyrrole nitrogens is 1. The number of nitrogens with one attached hydrogen (secondary N) is 1. The smallest absolute Gasteiger partial charge is 0.408 e. The lowest BCUT2D eigenvalue weighted by Crippen LogP contribution is -2.04. The molecular weight excluding hydrogens is 266 g/mol. The van der Waals surface area contributed by atoms with Crippen LogP contribution in [0.25, 0.3) is 11.1 Å². The lowest BCUT2D eigenvalue weighted by Gasteiger charge is -2.02. The molecule has 4 heteroatoms. The number of Topliss-reactive ketones (excluding diaryl/α,β-unsaturated/α-hetero) is 1. The number of carbonyl (C=O) groups excluding carboxylic acids is 1. The van der Waals surface area contributed by atoms with E-state index in [1.165, 1.54) is 0 Å². The number of rotatable bonds is 5. The van der Waals surface area contributed by atoms with Gasteiger partial charge in [0.1, 0.15) is 5.78 Å². The standard InChI is InChI=1S/C17H15NO3/c19-14(8-6-12-4-2-1-3-5-12)10-13-7-9-15-16(11-13)21-17(20)18-15/h1-5,7,9,11H,6,8,10H2,(H,18,20). The highest BCUT2D eigenvalue weighted by Gasteiger charge is 2.07. The molecule has 106 valence electrons. The third-order valence-electron chi connectivity index (χ3n) is 3.42. The molecule has 0 unspecified atom stereocenters. The van der Waals surface area contributed by atoms with Gasteiger partial charge in [0.2, 0.25) is 0 Å². The lowest BCUT2D eigenvalue weighted by molar-refractivity contribution is -0.118. The number of ketones is 1. The van der Waals surface area contributed by atoms with Gasteiger partial charge in [-0.15, -0.1) is 0 Å². The first-order valence-corrected chi connectivity index (χ1v) is 6.88. The van der Waals surface area contributed by atoms with Crippen molar-refractivity contribution in [2.75, 3.05) is 0 Å². The first-order valence-electron chi connectivity index (χ1n) is 6.88. The summed E-state index contributed by atoms with van der Waals surface area (Å²) in [6.45, 7) is 0. The molecule has 0 fully saturated rings. The Hall–Kier alpha value is -2.62. The van der Waals surface area contributed by atoms with Gasteiger partial charge >= 0.3 is 5.76 Å². The fourth-order valence-corrected chi connectivity index (χ4v) is 2.34. The number of oxazole rings is 1. The van der Waals surface area contributed by atoms with E-state index in [1.807, 2.05) is 36.4 Å². The highest BCUT2D eigenvalue weighted by molar-refractivity contribution is 5.82. The van der Waals surface area contributed by atoms with E-state index in [0.29, 0.717) is 23.9 Å². The monoisotopic (exact) mass is 281 g/mol. The second-order valence-corrected chi connectivity index (χ2v) is 5.05. The summed E-state index contributed by atoms with van der Waals surface area (Å²) in [6.07, 6.45) is 1.62. The molecule has 0 amide bonds. The largest absolute Gasteiger partial charge is 0.417 e. The minimum atomic E-state index is -0.474. The number of benzene rings is 2. The molecule has 4 nitrogen and oxygen atoms in total. The Morgan fingerprint density at radius 2 is 1.86 bits per heavy atom. The molecule has 0 spiro atoms. The Labute approximate surface area is 121 Å². The van der Waals surface area contributed by atoms with Gasteiger partial charge in [-0.05, 0) is 29.7 Å². The summed E-state index contributed by atoms with van der Waals surface area (Å²) in [5.74, 6) is -0.298. The summed E-state index contributed by atoms with van der Waals surface area (Å²) in [7, 11) is 0. The van der Waals surface area contributed by atoms with E-state index in [0.717, 1.165) is 17.5 Å². The SMILES string of the molecule is O=C(CCc1ccccc1)Cc1ccc2[nH]c(=O)oc2c1. The van der Waals surface area contributed by atoms with Crippen molar-refractivity contribution in [2.45, 2.75) is 19.3 Å². The van der Waals surface area contributed by atoms with E-state index in [-0.39, 0.29) is 5.78 Å². The summed E-state index contributed by atoms with van der Waals surface area (Å²) >= 11 is 0. The van der Waals surface area contributed by atoms with Gasteiger partial charge in [-0.2, -0.15) is 0 Å². The van der Waals surface area contributed by atoms with Crippen molar-refractivity contribution in [2.24, 2.45) is 0 Å². The van der Waals surface area contributed by atoms with Gasteiger partial charge in [0.25, 0.3) is 0 Å². The summed E-state index contributed by atoms with van der Waals surface area (Å²) in [5.41, 5.74) is 3.18. The number of aromatic amines is 1. The van der Waals surface area contributed by atoms with Crippen molar-refractivity contribution < 1.29 is 9.21 Å². The normalized spacial score (nSPS) is 10.9. The Balaban J connectivity index is 1.64. The number of hydrogen-bond donors (Lipinski definition) is 1. The van der Waals surface area contributed by atoms with Gasteiger partial charge in [-0.3, -0.25) is 9.78 Å². The molecule has 1 heterocycles. The summed E-state index contributed by atoms with van der Waals surface area (Å²) in [6, 6.07) is 15.3. The second-order valence-electron chi connectivity index (χ2n) is 5.05. The molecule has 0 aliphatic carbocycles. The van der Waals surface area contributed by atoms with E-state index in [4.69, 9.17) is 4.42 Å². The van der Waals surface area contributed by atoms with E-state index in [2.05, 4.69) is 4.98 Å². The fraction of sp³-hybridized carbons (Fsp3) is 0.176. The quantitative estimate of drug-likeness (QED) is 0.782. The molecule has 3 rings (SSSR count). The van der Waals surface area contributed by atoms with Crippen molar-refractivity contribution in [3.63, 3.8) is 0 Å². The Morgan fingerprint density at radius 3 is 2.67 bits per heavy atom. The Kier molecular flexibility index (Phi) is 3.69. The molecule has 2 aromatic carbocycles. The first kappa shape index (κ1) is 13.4. The zero-order chi connectivity index (χ0) is 14.7. The topological polar surface area (TPSA) is 63.1 Å². The van der Waals surface area contributed by atoms with Crippen molar-refractivity contribution in [1.29, 1.82) is 0 Å².